The Kier molecular flexibility index (Phi) is 7.50. The second kappa shape index (κ2) is 10.7. The van der Waals surface area contributed by atoms with E-state index in [0.717, 1.165) is 24.0 Å². The zero-order chi connectivity index (χ0) is 24.1. The molecule has 3 atom stereocenters. The van der Waals surface area contributed by atoms with Gasteiger partial charge in [0.2, 0.25) is 5.91 Å². The van der Waals surface area contributed by atoms with Crippen LogP contribution in [0.1, 0.15) is 62.5 Å². The van der Waals surface area contributed by atoms with E-state index in [2.05, 4.69) is 34.9 Å². The third kappa shape index (κ3) is 5.24. The minimum Gasteiger partial charge on any atom is -0.481 e. The van der Waals surface area contributed by atoms with Gasteiger partial charge in [0.05, 0.1) is 12.3 Å². The Balaban J connectivity index is 1.37. The summed E-state index contributed by atoms with van der Waals surface area (Å²) in [4.78, 5) is 36.7. The normalized spacial score (nSPS) is 20.0. The first-order valence-electron chi connectivity index (χ1n) is 12.1. The van der Waals surface area contributed by atoms with E-state index in [4.69, 9.17) is 9.84 Å². The molecule has 2 aliphatic rings. The van der Waals surface area contributed by atoms with E-state index >= 15 is 0 Å². The third-order valence-corrected chi connectivity index (χ3v) is 7.01. The highest BCUT2D eigenvalue weighted by atomic mass is 16.5. The van der Waals surface area contributed by atoms with Gasteiger partial charge in [-0.05, 0) is 41.5 Å². The highest BCUT2D eigenvalue weighted by Gasteiger charge is 2.34. The molecule has 34 heavy (non-hydrogen) atoms. The molecule has 7 nitrogen and oxygen atoms in total. The molecular weight excluding hydrogens is 432 g/mol. The average Bonchev–Trinajstić information content (AvgIpc) is 3.16. The highest BCUT2D eigenvalue weighted by molar-refractivity contribution is 5.82. The summed E-state index contributed by atoms with van der Waals surface area (Å²) >= 11 is 0. The monoisotopic (exact) mass is 464 g/mol. The van der Waals surface area contributed by atoms with Crippen molar-refractivity contribution in [1.82, 2.24) is 10.6 Å². The lowest BCUT2D eigenvalue weighted by molar-refractivity contribution is -0.138. The predicted octanol–water partition coefficient (Wildman–Crippen LogP) is 4.45. The van der Waals surface area contributed by atoms with E-state index < -0.39 is 24.0 Å². The molecule has 0 unspecified atom stereocenters. The fraction of sp³-hybridized carbons (Fsp3) is 0.444. The minimum atomic E-state index is -0.941. The van der Waals surface area contributed by atoms with Gasteiger partial charge in [0.25, 0.3) is 0 Å². The molecule has 2 amide bonds. The van der Waals surface area contributed by atoms with Crippen LogP contribution in [-0.4, -0.2) is 41.8 Å². The number of amides is 2. The topological polar surface area (TPSA) is 105 Å². The molecule has 0 aliphatic heterocycles. The summed E-state index contributed by atoms with van der Waals surface area (Å²) in [7, 11) is 0. The molecule has 1 saturated carbocycles. The molecule has 180 valence electrons. The molecule has 1 fully saturated rings. The van der Waals surface area contributed by atoms with Gasteiger partial charge >= 0.3 is 12.1 Å². The van der Waals surface area contributed by atoms with Gasteiger partial charge in [-0.2, -0.15) is 0 Å². The van der Waals surface area contributed by atoms with Gasteiger partial charge < -0.3 is 20.5 Å². The molecular formula is C27H32N2O5. The fourth-order valence-corrected chi connectivity index (χ4v) is 5.23. The molecule has 0 aromatic heterocycles. The third-order valence-electron chi connectivity index (χ3n) is 7.01. The number of hydrogen-bond donors (Lipinski definition) is 3. The van der Waals surface area contributed by atoms with Crippen LogP contribution in [0.3, 0.4) is 0 Å². The number of alkyl carbamates (subject to hydrolysis) is 1. The number of carboxylic acid groups (broad SMARTS) is 1. The van der Waals surface area contributed by atoms with Gasteiger partial charge in [0.1, 0.15) is 6.61 Å². The Morgan fingerprint density at radius 2 is 1.62 bits per heavy atom. The average molecular weight is 465 g/mol. The zero-order valence-corrected chi connectivity index (χ0v) is 19.5. The fourth-order valence-electron chi connectivity index (χ4n) is 5.23. The van der Waals surface area contributed by atoms with E-state index in [1.165, 1.54) is 11.1 Å². The molecule has 0 spiro atoms. The minimum absolute atomic E-state index is 0.0232. The first-order chi connectivity index (χ1) is 16.5. The molecule has 0 radical (unpaired) electrons. The quantitative estimate of drug-likeness (QED) is 0.535. The summed E-state index contributed by atoms with van der Waals surface area (Å²) in [6.45, 7) is 2.07. The van der Waals surface area contributed by atoms with Gasteiger partial charge in [0.15, 0.2) is 0 Å². The summed E-state index contributed by atoms with van der Waals surface area (Å²) in [6.07, 6.45) is 3.07. The summed E-state index contributed by atoms with van der Waals surface area (Å²) in [5.41, 5.74) is 4.64. The second-order valence-corrected chi connectivity index (χ2v) is 9.18. The largest absolute Gasteiger partial charge is 0.481 e. The van der Waals surface area contributed by atoms with E-state index in [1.807, 2.05) is 31.2 Å². The van der Waals surface area contributed by atoms with Gasteiger partial charge in [-0.15, -0.1) is 0 Å². The number of benzene rings is 2. The Hall–Kier alpha value is -3.35. The summed E-state index contributed by atoms with van der Waals surface area (Å²) in [5, 5.41) is 14.8. The number of nitrogens with one attached hydrogen (secondary N) is 2. The van der Waals surface area contributed by atoms with E-state index in [0.29, 0.717) is 19.3 Å². The van der Waals surface area contributed by atoms with Crippen LogP contribution < -0.4 is 10.6 Å². The van der Waals surface area contributed by atoms with Gasteiger partial charge in [-0.25, -0.2) is 4.79 Å². The van der Waals surface area contributed by atoms with E-state index in [-0.39, 0.29) is 30.9 Å². The lowest BCUT2D eigenvalue weighted by Crippen LogP contribution is -2.50. The number of rotatable bonds is 8. The Morgan fingerprint density at radius 3 is 2.24 bits per heavy atom. The first-order valence-corrected chi connectivity index (χ1v) is 12.1. The standard InChI is InChI=1S/C27H32N2O5/c1-2-17(15-25(30)31)28-26(32)22-13-7-8-14-24(22)29-27(33)34-16-23-20-11-5-3-9-18(20)19-10-4-6-12-21(19)23/h3-6,9-12,17,22-24H,2,7-8,13-16H2,1H3,(H,28,32)(H,29,33)(H,30,31)/t17-,22-,24+/m1/s1. The van der Waals surface area contributed by atoms with E-state index in [9.17, 15) is 14.4 Å². The van der Waals surface area contributed by atoms with Crippen molar-refractivity contribution in [2.24, 2.45) is 5.92 Å². The lowest BCUT2D eigenvalue weighted by Gasteiger charge is -2.32. The van der Waals surface area contributed by atoms with Gasteiger partial charge in [-0.1, -0.05) is 68.3 Å². The number of carbonyl (C=O) groups is 3. The van der Waals surface area contributed by atoms with E-state index in [1.54, 1.807) is 0 Å². The van der Waals surface area contributed by atoms with Crippen LogP contribution in [0.5, 0.6) is 0 Å². The number of aliphatic carboxylic acids is 1. The second-order valence-electron chi connectivity index (χ2n) is 9.18. The number of hydrogen-bond acceptors (Lipinski definition) is 4. The molecule has 0 heterocycles. The van der Waals surface area contributed by atoms with Crippen molar-refractivity contribution < 1.29 is 24.2 Å². The summed E-state index contributed by atoms with van der Waals surface area (Å²) in [6, 6.07) is 15.6. The van der Waals surface area contributed by atoms with Crippen LogP contribution >= 0.6 is 0 Å². The highest BCUT2D eigenvalue weighted by Crippen LogP contribution is 2.44. The van der Waals surface area contributed by atoms with Gasteiger partial charge in [0, 0.05) is 18.0 Å². The van der Waals surface area contributed by atoms with Crippen molar-refractivity contribution in [2.75, 3.05) is 6.61 Å². The van der Waals surface area contributed by atoms with Crippen molar-refractivity contribution in [3.8, 4) is 11.1 Å². The molecule has 0 bridgehead atoms. The zero-order valence-electron chi connectivity index (χ0n) is 19.5. The van der Waals surface area contributed by atoms with Crippen LogP contribution in [-0.2, 0) is 14.3 Å². The predicted molar refractivity (Wildman–Crippen MR) is 128 cm³/mol. The van der Waals surface area contributed by atoms with Crippen LogP contribution in [0.4, 0.5) is 4.79 Å². The lowest BCUT2D eigenvalue weighted by atomic mass is 9.83. The number of fused-ring (bicyclic) bond motifs is 3. The van der Waals surface area contributed by atoms with Crippen LogP contribution in [0.25, 0.3) is 11.1 Å². The Morgan fingerprint density at radius 1 is 1.00 bits per heavy atom. The van der Waals surface area contributed by atoms with Crippen molar-refractivity contribution in [3.05, 3.63) is 59.7 Å². The van der Waals surface area contributed by atoms with Crippen molar-refractivity contribution in [2.45, 2.75) is 63.5 Å². The molecule has 2 aromatic rings. The van der Waals surface area contributed by atoms with Crippen molar-refractivity contribution in [1.29, 1.82) is 0 Å². The molecule has 2 aromatic carbocycles. The number of carbonyl (C=O) groups excluding carboxylic acids is 2. The molecule has 7 heteroatoms. The first kappa shape index (κ1) is 23.8. The number of carboxylic acids is 1. The molecule has 2 aliphatic carbocycles. The van der Waals surface area contributed by atoms with Gasteiger partial charge in [-0.3, -0.25) is 9.59 Å². The van der Waals surface area contributed by atoms with Crippen LogP contribution in [0.2, 0.25) is 0 Å². The Bertz CT molecular complexity index is 1010. The smallest absolute Gasteiger partial charge is 0.407 e. The number of ether oxygens (including phenoxy) is 1. The maximum absolute atomic E-state index is 12.9. The maximum Gasteiger partial charge on any atom is 0.407 e. The SMILES string of the molecule is CC[C@H](CC(=O)O)NC(=O)[C@@H]1CCCC[C@@H]1NC(=O)OCC1c2ccccc2-c2ccccc21. The molecule has 4 rings (SSSR count). The Labute approximate surface area is 199 Å². The van der Waals surface area contributed by atoms with Crippen molar-refractivity contribution >= 4 is 18.0 Å². The molecule has 0 saturated heterocycles. The van der Waals surface area contributed by atoms with Crippen LogP contribution in [0.15, 0.2) is 48.5 Å². The van der Waals surface area contributed by atoms with Crippen LogP contribution in [0, 0.1) is 5.92 Å². The maximum atomic E-state index is 12.9. The summed E-state index contributed by atoms with van der Waals surface area (Å²) in [5.74, 6) is -1.55. The summed E-state index contributed by atoms with van der Waals surface area (Å²) < 4.78 is 5.67. The molecule has 3 N–H and O–H groups in total. The van der Waals surface area contributed by atoms with Crippen molar-refractivity contribution in [3.63, 3.8) is 0 Å².